The highest BCUT2D eigenvalue weighted by molar-refractivity contribution is 4.83. The Morgan fingerprint density at radius 3 is 2.21 bits per heavy atom. The van der Waals surface area contributed by atoms with Crippen molar-refractivity contribution in [3.63, 3.8) is 0 Å². The molecule has 0 N–H and O–H groups in total. The van der Waals surface area contributed by atoms with Gasteiger partial charge in [0.05, 0.1) is 0 Å². The van der Waals surface area contributed by atoms with Gasteiger partial charge in [-0.3, -0.25) is 0 Å². The van der Waals surface area contributed by atoms with Gasteiger partial charge < -0.3 is 0 Å². The summed E-state index contributed by atoms with van der Waals surface area (Å²) in [5.41, 5.74) is 0.653. The van der Waals surface area contributed by atoms with Crippen LogP contribution in [0, 0.1) is 23.2 Å². The van der Waals surface area contributed by atoms with E-state index in [-0.39, 0.29) is 0 Å². The van der Waals surface area contributed by atoms with E-state index < -0.39 is 0 Å². The largest absolute Gasteiger partial charge is 0.0625 e. The molecule has 0 heteroatoms. The molecular formula is C19H36. The topological polar surface area (TPSA) is 0 Å². The highest BCUT2D eigenvalue weighted by Gasteiger charge is 2.31. The SMILES string of the molecule is CC1CCCC(C)CC(C)(CC2CCCCC2)CC1. The molecule has 0 heterocycles. The van der Waals surface area contributed by atoms with Gasteiger partial charge in [0, 0.05) is 0 Å². The number of rotatable bonds is 2. The molecule has 2 saturated carbocycles. The van der Waals surface area contributed by atoms with Crippen LogP contribution in [0.1, 0.15) is 97.8 Å². The summed E-state index contributed by atoms with van der Waals surface area (Å²) in [7, 11) is 0. The molecule has 0 aromatic carbocycles. The average Bonchev–Trinajstić information content (AvgIpc) is 2.42. The van der Waals surface area contributed by atoms with Gasteiger partial charge in [0.2, 0.25) is 0 Å². The fourth-order valence-electron chi connectivity index (χ4n) is 4.87. The van der Waals surface area contributed by atoms with Crippen LogP contribution in [0.2, 0.25) is 0 Å². The summed E-state index contributed by atoms with van der Waals surface area (Å²) in [6, 6.07) is 0. The van der Waals surface area contributed by atoms with E-state index in [1.807, 2.05) is 0 Å². The molecule has 0 aliphatic heterocycles. The van der Waals surface area contributed by atoms with E-state index in [4.69, 9.17) is 0 Å². The average molecular weight is 264 g/mol. The van der Waals surface area contributed by atoms with Crippen LogP contribution in [0.15, 0.2) is 0 Å². The normalized spacial score (nSPS) is 39.3. The first-order valence-corrected chi connectivity index (χ1v) is 9.07. The van der Waals surface area contributed by atoms with E-state index in [0.717, 1.165) is 17.8 Å². The molecule has 0 nitrogen and oxygen atoms in total. The van der Waals surface area contributed by atoms with Crippen molar-refractivity contribution in [3.8, 4) is 0 Å². The number of hydrogen-bond acceptors (Lipinski definition) is 0. The maximum Gasteiger partial charge on any atom is -0.0321 e. The monoisotopic (exact) mass is 264 g/mol. The molecule has 0 radical (unpaired) electrons. The Balaban J connectivity index is 1.94. The standard InChI is InChI=1S/C19H36/c1-16-8-7-9-17(2)14-19(3,13-12-16)15-18-10-5-4-6-11-18/h16-18H,4-15H2,1-3H3. The number of hydrogen-bond donors (Lipinski definition) is 0. The van der Waals surface area contributed by atoms with Crippen molar-refractivity contribution in [2.45, 2.75) is 97.8 Å². The summed E-state index contributed by atoms with van der Waals surface area (Å²) < 4.78 is 0. The minimum atomic E-state index is 0.653. The molecule has 0 bridgehead atoms. The van der Waals surface area contributed by atoms with Crippen molar-refractivity contribution in [2.24, 2.45) is 23.2 Å². The van der Waals surface area contributed by atoms with Crippen LogP contribution in [-0.2, 0) is 0 Å². The fourth-order valence-corrected chi connectivity index (χ4v) is 4.87. The quantitative estimate of drug-likeness (QED) is 0.528. The van der Waals surface area contributed by atoms with Crippen molar-refractivity contribution < 1.29 is 0 Å². The van der Waals surface area contributed by atoms with Crippen molar-refractivity contribution in [1.82, 2.24) is 0 Å². The lowest BCUT2D eigenvalue weighted by atomic mass is 9.69. The molecule has 2 aliphatic rings. The van der Waals surface area contributed by atoms with Gasteiger partial charge in [0.15, 0.2) is 0 Å². The van der Waals surface area contributed by atoms with Gasteiger partial charge in [-0.1, -0.05) is 78.6 Å². The Labute approximate surface area is 121 Å². The third kappa shape index (κ3) is 5.12. The summed E-state index contributed by atoms with van der Waals surface area (Å²) in [4.78, 5) is 0. The minimum absolute atomic E-state index is 0.653. The zero-order valence-corrected chi connectivity index (χ0v) is 13.7. The molecule has 0 amide bonds. The Kier molecular flexibility index (Phi) is 5.78. The maximum atomic E-state index is 2.62. The van der Waals surface area contributed by atoms with Crippen LogP contribution in [0.5, 0.6) is 0 Å². The Morgan fingerprint density at radius 1 is 0.789 bits per heavy atom. The maximum absolute atomic E-state index is 2.62. The second-order valence-electron chi connectivity index (χ2n) is 8.40. The van der Waals surface area contributed by atoms with E-state index in [2.05, 4.69) is 20.8 Å². The van der Waals surface area contributed by atoms with Gasteiger partial charge in [0.25, 0.3) is 0 Å². The van der Waals surface area contributed by atoms with E-state index >= 15 is 0 Å². The van der Waals surface area contributed by atoms with Gasteiger partial charge in [-0.05, 0) is 42.4 Å². The van der Waals surface area contributed by atoms with Crippen molar-refractivity contribution >= 4 is 0 Å². The molecule has 2 rings (SSSR count). The molecule has 0 saturated heterocycles. The predicted molar refractivity (Wildman–Crippen MR) is 85.3 cm³/mol. The molecule has 3 unspecified atom stereocenters. The first-order chi connectivity index (χ1) is 9.07. The minimum Gasteiger partial charge on any atom is -0.0625 e. The second kappa shape index (κ2) is 7.14. The van der Waals surface area contributed by atoms with Gasteiger partial charge >= 0.3 is 0 Å². The molecular weight excluding hydrogens is 228 g/mol. The van der Waals surface area contributed by atoms with Gasteiger partial charge in [-0.25, -0.2) is 0 Å². The fraction of sp³-hybridized carbons (Fsp3) is 1.00. The lowest BCUT2D eigenvalue weighted by Crippen LogP contribution is -2.25. The van der Waals surface area contributed by atoms with Crippen LogP contribution in [-0.4, -0.2) is 0 Å². The molecule has 112 valence electrons. The van der Waals surface area contributed by atoms with Crippen molar-refractivity contribution in [3.05, 3.63) is 0 Å². The van der Waals surface area contributed by atoms with Gasteiger partial charge in [0.1, 0.15) is 0 Å². The Morgan fingerprint density at radius 2 is 1.47 bits per heavy atom. The second-order valence-corrected chi connectivity index (χ2v) is 8.40. The van der Waals surface area contributed by atoms with E-state index in [1.54, 1.807) is 0 Å². The molecule has 0 spiro atoms. The van der Waals surface area contributed by atoms with Crippen LogP contribution in [0.25, 0.3) is 0 Å². The van der Waals surface area contributed by atoms with Crippen molar-refractivity contribution in [1.29, 1.82) is 0 Å². The first-order valence-electron chi connectivity index (χ1n) is 9.07. The smallest absolute Gasteiger partial charge is 0.0321 e. The summed E-state index contributed by atoms with van der Waals surface area (Å²) in [5, 5.41) is 0. The summed E-state index contributed by atoms with van der Waals surface area (Å²) in [6.45, 7) is 7.61. The van der Waals surface area contributed by atoms with Crippen LogP contribution < -0.4 is 0 Å². The highest BCUT2D eigenvalue weighted by Crippen LogP contribution is 2.44. The third-order valence-corrected chi connectivity index (χ3v) is 5.98. The van der Waals surface area contributed by atoms with Gasteiger partial charge in [-0.2, -0.15) is 0 Å². The summed E-state index contributed by atoms with van der Waals surface area (Å²) >= 11 is 0. The summed E-state index contributed by atoms with van der Waals surface area (Å²) in [6.07, 6.45) is 18.0. The highest BCUT2D eigenvalue weighted by atomic mass is 14.4. The molecule has 0 aromatic heterocycles. The predicted octanol–water partition coefficient (Wildman–Crippen LogP) is 6.59. The summed E-state index contributed by atoms with van der Waals surface area (Å²) in [5.74, 6) is 2.98. The van der Waals surface area contributed by atoms with Crippen LogP contribution >= 0.6 is 0 Å². The lowest BCUT2D eigenvalue weighted by Gasteiger charge is -2.37. The van der Waals surface area contributed by atoms with Crippen LogP contribution in [0.4, 0.5) is 0 Å². The lowest BCUT2D eigenvalue weighted by molar-refractivity contribution is 0.147. The molecule has 19 heavy (non-hydrogen) atoms. The molecule has 0 aromatic rings. The van der Waals surface area contributed by atoms with E-state index in [1.165, 1.54) is 77.0 Å². The molecule has 2 fully saturated rings. The zero-order valence-electron chi connectivity index (χ0n) is 13.7. The van der Waals surface area contributed by atoms with E-state index in [9.17, 15) is 0 Å². The molecule has 2 aliphatic carbocycles. The zero-order chi connectivity index (χ0) is 13.7. The van der Waals surface area contributed by atoms with E-state index in [0.29, 0.717) is 5.41 Å². The first kappa shape index (κ1) is 15.4. The van der Waals surface area contributed by atoms with Gasteiger partial charge in [-0.15, -0.1) is 0 Å². The Bertz CT molecular complexity index is 251. The third-order valence-electron chi connectivity index (χ3n) is 5.98. The molecule has 3 atom stereocenters. The van der Waals surface area contributed by atoms with Crippen LogP contribution in [0.3, 0.4) is 0 Å². The Hall–Kier alpha value is 0. The van der Waals surface area contributed by atoms with Crippen molar-refractivity contribution in [2.75, 3.05) is 0 Å².